The van der Waals surface area contributed by atoms with Gasteiger partial charge in [0.1, 0.15) is 20.0 Å². The van der Waals surface area contributed by atoms with Gasteiger partial charge in [-0.1, -0.05) is 90.2 Å². The van der Waals surface area contributed by atoms with Crippen LogP contribution in [-0.4, -0.2) is 18.8 Å². The molecule has 0 aliphatic carbocycles. The Bertz CT molecular complexity index is 3270. The third-order valence-corrected chi connectivity index (χ3v) is 16.8. The van der Waals surface area contributed by atoms with Crippen molar-refractivity contribution < 1.29 is 0 Å². The summed E-state index contributed by atoms with van der Waals surface area (Å²) in [7, 11) is 0. The molecule has 9 aromatic heterocycles. The van der Waals surface area contributed by atoms with Gasteiger partial charge in [-0.15, -0.1) is 56.7 Å². The molecule has 0 radical (unpaired) electrons. The third-order valence-electron chi connectivity index (χ3n) is 11.7. The molecule has 0 saturated carbocycles. The average Bonchev–Trinajstić information content (AvgIpc) is 4.09. The van der Waals surface area contributed by atoms with Gasteiger partial charge in [0.25, 0.3) is 11.1 Å². The maximum atomic E-state index is 14.4. The number of aromatic nitrogens is 4. The molecule has 11 heteroatoms. The summed E-state index contributed by atoms with van der Waals surface area (Å²) in [5, 5.41) is 7.62. The summed E-state index contributed by atoms with van der Waals surface area (Å²) in [6.07, 6.45) is 26.7. The molecule has 10 aromatic rings. The van der Waals surface area contributed by atoms with Crippen LogP contribution in [0.25, 0.3) is 87.2 Å². The largest absolute Gasteiger partial charge is 0.274 e. The van der Waals surface area contributed by atoms with Crippen molar-refractivity contribution in [3.05, 3.63) is 98.5 Å². The van der Waals surface area contributed by atoms with Crippen molar-refractivity contribution in [2.24, 2.45) is 0 Å². The number of pyridine rings is 2. The molecule has 0 saturated heterocycles. The van der Waals surface area contributed by atoms with Gasteiger partial charge in [0.15, 0.2) is 5.65 Å². The van der Waals surface area contributed by atoms with Gasteiger partial charge < -0.3 is 0 Å². The number of fused-ring (bicyclic) bond motifs is 8. The molecule has 59 heavy (non-hydrogen) atoms. The van der Waals surface area contributed by atoms with Crippen molar-refractivity contribution in [2.45, 2.75) is 104 Å². The lowest BCUT2D eigenvalue weighted by Crippen LogP contribution is -2.13. The van der Waals surface area contributed by atoms with Gasteiger partial charge in [0.05, 0.1) is 15.7 Å². The van der Waals surface area contributed by atoms with E-state index in [4.69, 9.17) is 9.97 Å². The molecule has 0 amide bonds. The van der Waals surface area contributed by atoms with Gasteiger partial charge in [0, 0.05) is 41.1 Å². The summed E-state index contributed by atoms with van der Waals surface area (Å²) in [4.78, 5) is 45.5. The minimum atomic E-state index is -0.102. The number of hydrogen-bond acceptors (Lipinski definition) is 9. The van der Waals surface area contributed by atoms with E-state index < -0.39 is 0 Å². The SMILES string of the molecule is CCCCCCCCc1cc(/C=C/c2cc3c(nc4c5ccc6c(=O)n7c8cc(/C=C/c9csc(CCCCCCCC)c9)sc8nc7c7sc(c(=O)n34)c5c67)s2)cs1. The Kier molecular flexibility index (Phi) is 11.0. The van der Waals surface area contributed by atoms with Crippen LogP contribution in [-0.2, 0) is 12.8 Å². The van der Waals surface area contributed by atoms with Crippen LogP contribution in [0.4, 0.5) is 0 Å². The fourth-order valence-corrected chi connectivity index (χ4v) is 13.5. The van der Waals surface area contributed by atoms with Crippen LogP contribution in [0, 0.1) is 0 Å². The van der Waals surface area contributed by atoms with E-state index in [2.05, 4.69) is 73.2 Å². The maximum absolute atomic E-state index is 14.4. The zero-order valence-electron chi connectivity index (χ0n) is 33.5. The Morgan fingerprint density at radius 3 is 1.64 bits per heavy atom. The molecule has 10 rings (SSSR count). The third kappa shape index (κ3) is 7.26. The van der Waals surface area contributed by atoms with Crippen molar-refractivity contribution in [2.75, 3.05) is 0 Å². The van der Waals surface area contributed by atoms with Crippen LogP contribution in [0.15, 0.2) is 56.7 Å². The Balaban J connectivity index is 0.928. The molecule has 0 fully saturated rings. The highest BCUT2D eigenvalue weighted by atomic mass is 32.1. The average molecular weight is 871 g/mol. The van der Waals surface area contributed by atoms with E-state index in [-0.39, 0.29) is 11.1 Å². The molecule has 0 aliphatic heterocycles. The number of rotatable bonds is 18. The van der Waals surface area contributed by atoms with Gasteiger partial charge in [-0.05, 0) is 96.1 Å². The smallest absolute Gasteiger partial charge is 0.268 e. The summed E-state index contributed by atoms with van der Waals surface area (Å²) in [5.74, 6) is 0. The van der Waals surface area contributed by atoms with Crippen LogP contribution in [0.5, 0.6) is 0 Å². The second kappa shape index (κ2) is 16.7. The summed E-state index contributed by atoms with van der Waals surface area (Å²) in [6.45, 7) is 4.53. The first-order valence-corrected chi connectivity index (χ1v) is 25.4. The van der Waals surface area contributed by atoms with E-state index in [1.54, 1.807) is 31.5 Å². The van der Waals surface area contributed by atoms with E-state index in [9.17, 15) is 9.59 Å². The van der Waals surface area contributed by atoms with E-state index in [0.29, 0.717) is 21.4 Å². The molecule has 0 spiro atoms. The molecule has 0 unspecified atom stereocenters. The van der Waals surface area contributed by atoms with Crippen LogP contribution < -0.4 is 11.1 Å². The summed E-state index contributed by atoms with van der Waals surface area (Å²) in [6, 6.07) is 12.7. The van der Waals surface area contributed by atoms with Crippen LogP contribution >= 0.6 is 56.7 Å². The van der Waals surface area contributed by atoms with E-state index in [1.165, 1.54) is 109 Å². The highest BCUT2D eigenvalue weighted by Crippen LogP contribution is 2.43. The van der Waals surface area contributed by atoms with Gasteiger partial charge in [0.2, 0.25) is 0 Å². The predicted molar refractivity (Wildman–Crippen MR) is 261 cm³/mol. The quantitative estimate of drug-likeness (QED) is 0.0636. The summed E-state index contributed by atoms with van der Waals surface area (Å²) in [5.41, 5.74) is 5.15. The maximum Gasteiger partial charge on any atom is 0.274 e. The number of unbranched alkanes of at least 4 members (excludes halogenated alkanes) is 10. The number of aryl methyl sites for hydroxylation is 2. The lowest BCUT2D eigenvalue weighted by molar-refractivity contribution is 0.609. The second-order valence-electron chi connectivity index (χ2n) is 15.9. The molecule has 0 bridgehead atoms. The van der Waals surface area contributed by atoms with E-state index >= 15 is 0 Å². The van der Waals surface area contributed by atoms with Crippen molar-refractivity contribution >= 4 is 144 Å². The van der Waals surface area contributed by atoms with Crippen molar-refractivity contribution in [1.29, 1.82) is 0 Å². The van der Waals surface area contributed by atoms with Gasteiger partial charge in [-0.2, -0.15) is 0 Å². The number of thiophene rings is 5. The summed E-state index contributed by atoms with van der Waals surface area (Å²) < 4.78 is 5.04. The van der Waals surface area contributed by atoms with Crippen LogP contribution in [0.3, 0.4) is 0 Å². The fraction of sp³-hybridized carbons (Fsp3) is 0.333. The molecule has 0 N–H and O–H groups in total. The molecular weight excluding hydrogens is 825 g/mol. The lowest BCUT2D eigenvalue weighted by atomic mass is 10.0. The number of imidazole rings is 2. The molecule has 9 heterocycles. The first-order chi connectivity index (χ1) is 29.0. The first-order valence-electron chi connectivity index (χ1n) is 21.2. The highest BCUT2D eigenvalue weighted by molar-refractivity contribution is 7.27. The summed E-state index contributed by atoms with van der Waals surface area (Å²) >= 11 is 8.34. The van der Waals surface area contributed by atoms with E-state index in [1.807, 2.05) is 34.8 Å². The minimum Gasteiger partial charge on any atom is -0.268 e. The Hall–Kier alpha value is -4.26. The first kappa shape index (κ1) is 38.9. The fourth-order valence-electron chi connectivity index (χ4n) is 8.61. The number of benzene rings is 1. The minimum absolute atomic E-state index is 0.0934. The van der Waals surface area contributed by atoms with Gasteiger partial charge in [-0.3, -0.25) is 18.4 Å². The van der Waals surface area contributed by atoms with Crippen molar-refractivity contribution in [3.8, 4) is 0 Å². The van der Waals surface area contributed by atoms with Crippen LogP contribution in [0.1, 0.15) is 122 Å². The zero-order valence-corrected chi connectivity index (χ0v) is 37.6. The monoisotopic (exact) mass is 870 g/mol. The molecular formula is C48H46N4O2S5. The molecule has 0 aliphatic rings. The topological polar surface area (TPSA) is 68.7 Å². The van der Waals surface area contributed by atoms with Gasteiger partial charge >= 0.3 is 0 Å². The Labute approximate surface area is 362 Å². The van der Waals surface area contributed by atoms with Crippen LogP contribution in [0.2, 0.25) is 0 Å². The molecule has 6 nitrogen and oxygen atoms in total. The number of hydrogen-bond donors (Lipinski definition) is 0. The van der Waals surface area contributed by atoms with Crippen molar-refractivity contribution in [3.63, 3.8) is 0 Å². The normalized spacial score (nSPS) is 12.8. The number of nitrogens with zero attached hydrogens (tertiary/aromatic N) is 4. The van der Waals surface area contributed by atoms with Gasteiger partial charge in [-0.25, -0.2) is 9.97 Å². The molecule has 1 aromatic carbocycles. The highest BCUT2D eigenvalue weighted by Gasteiger charge is 2.26. The molecule has 300 valence electrons. The Morgan fingerprint density at radius 1 is 0.542 bits per heavy atom. The lowest BCUT2D eigenvalue weighted by Gasteiger charge is -2.04. The predicted octanol–water partition coefficient (Wildman–Crippen LogP) is 14.8. The Morgan fingerprint density at radius 2 is 1.05 bits per heavy atom. The zero-order chi connectivity index (χ0) is 40.0. The second-order valence-corrected chi connectivity index (χ2v) is 21.0. The molecule has 0 atom stereocenters. The van der Waals surface area contributed by atoms with E-state index in [0.717, 1.165) is 64.1 Å². The van der Waals surface area contributed by atoms with Crippen molar-refractivity contribution in [1.82, 2.24) is 18.8 Å². The standard InChI is InChI=1S/C48H46N4O2S5/c1-3-5-7-9-11-13-15-31-23-29(27-55-31)17-19-33-25-37-45(57-33)49-43-35-21-22-36-40-39(35)42(48(54)51(37)43)59-41(40)44-50-46-38(52(44)47(36)53)26-34(58-46)20-18-30-24-32(56-28-30)16-14-12-10-8-6-4-2/h17-28H,3-16H2,1-2H3/b19-17+,20-18+.